The molecule has 2 fully saturated rings. The summed E-state index contributed by atoms with van der Waals surface area (Å²) >= 11 is 0. The minimum Gasteiger partial charge on any atom is -0.310 e. The Hall–Kier alpha value is -0.250. The monoisotopic (exact) mass is 249 g/mol. The third-order valence-electron chi connectivity index (χ3n) is 4.73. The van der Waals surface area contributed by atoms with Crippen LogP contribution >= 0.6 is 0 Å². The summed E-state index contributed by atoms with van der Waals surface area (Å²) in [6.07, 6.45) is 0.855. The van der Waals surface area contributed by atoms with E-state index in [1.165, 1.54) is 0 Å². The number of nitrogens with one attached hydrogen (secondary N) is 1. The molecule has 0 amide bonds. The summed E-state index contributed by atoms with van der Waals surface area (Å²) in [5, 5.41) is 3.26. The van der Waals surface area contributed by atoms with Gasteiger partial charge >= 0.3 is 6.18 Å². The molecule has 0 aromatic rings. The van der Waals surface area contributed by atoms with Crippen LogP contribution in [0.1, 0.15) is 52.4 Å². The van der Waals surface area contributed by atoms with Crippen molar-refractivity contribution in [1.29, 1.82) is 0 Å². The Morgan fingerprint density at radius 1 is 1.18 bits per heavy atom. The quantitative estimate of drug-likeness (QED) is 0.800. The highest BCUT2D eigenvalue weighted by Crippen LogP contribution is 2.49. The first-order valence-electron chi connectivity index (χ1n) is 6.66. The largest absolute Gasteiger partial charge is 0.393 e. The van der Waals surface area contributed by atoms with Crippen LogP contribution < -0.4 is 5.32 Å². The summed E-state index contributed by atoms with van der Waals surface area (Å²) in [5.74, 6) is -1.14. The third-order valence-corrected chi connectivity index (χ3v) is 4.73. The van der Waals surface area contributed by atoms with Crippen molar-refractivity contribution >= 4 is 0 Å². The lowest BCUT2D eigenvalue weighted by Crippen LogP contribution is -2.50. The highest BCUT2D eigenvalue weighted by molar-refractivity contribution is 4.99. The topological polar surface area (TPSA) is 12.0 Å². The minimum atomic E-state index is -4.04. The molecule has 0 aromatic heterocycles. The standard InChI is InChI=1S/C13H22F3N/c1-9(12(2)7-8-12)17-11-6-4-3-5-10(11)13(14,15)16/h9-11,17H,3-8H2,1-2H3. The first-order valence-corrected chi connectivity index (χ1v) is 6.66. The fourth-order valence-electron chi connectivity index (χ4n) is 2.87. The maximum absolute atomic E-state index is 12.9. The molecule has 1 nitrogen and oxygen atoms in total. The van der Waals surface area contributed by atoms with E-state index in [2.05, 4.69) is 12.2 Å². The van der Waals surface area contributed by atoms with E-state index in [-0.39, 0.29) is 17.5 Å². The molecule has 3 atom stereocenters. The fraction of sp³-hybridized carbons (Fsp3) is 1.00. The van der Waals surface area contributed by atoms with Gasteiger partial charge in [0.15, 0.2) is 0 Å². The summed E-state index contributed by atoms with van der Waals surface area (Å²) < 4.78 is 38.7. The zero-order valence-electron chi connectivity index (χ0n) is 10.6. The number of halogens is 3. The van der Waals surface area contributed by atoms with E-state index in [1.807, 2.05) is 6.92 Å². The molecule has 0 spiro atoms. The second-order valence-corrected chi connectivity index (χ2v) is 6.08. The predicted molar refractivity (Wildman–Crippen MR) is 61.7 cm³/mol. The van der Waals surface area contributed by atoms with Crippen molar-refractivity contribution in [3.63, 3.8) is 0 Å². The number of rotatable bonds is 3. The molecule has 17 heavy (non-hydrogen) atoms. The van der Waals surface area contributed by atoms with Crippen LogP contribution in [0.3, 0.4) is 0 Å². The molecule has 0 aromatic carbocycles. The third kappa shape index (κ3) is 2.95. The van der Waals surface area contributed by atoms with Gasteiger partial charge in [-0.2, -0.15) is 13.2 Å². The van der Waals surface area contributed by atoms with Gasteiger partial charge in [-0.3, -0.25) is 0 Å². The van der Waals surface area contributed by atoms with Gasteiger partial charge in [-0.05, 0) is 38.0 Å². The fourth-order valence-corrected chi connectivity index (χ4v) is 2.87. The summed E-state index contributed by atoms with van der Waals surface area (Å²) in [7, 11) is 0. The van der Waals surface area contributed by atoms with Crippen molar-refractivity contribution in [2.45, 2.75) is 70.6 Å². The molecule has 2 aliphatic carbocycles. The summed E-state index contributed by atoms with van der Waals surface area (Å²) in [6.45, 7) is 4.20. The molecule has 0 saturated heterocycles. The minimum absolute atomic E-state index is 0.204. The molecular weight excluding hydrogens is 227 g/mol. The number of alkyl halides is 3. The summed E-state index contributed by atoms with van der Waals surface area (Å²) in [5.41, 5.74) is 0.244. The molecule has 2 rings (SSSR count). The molecule has 1 N–H and O–H groups in total. The average Bonchev–Trinajstić information content (AvgIpc) is 2.97. The van der Waals surface area contributed by atoms with Crippen LogP contribution in [0.2, 0.25) is 0 Å². The molecular formula is C13H22F3N. The SMILES string of the molecule is CC(NC1CCCCC1C(F)(F)F)C1(C)CC1. The van der Waals surface area contributed by atoms with E-state index in [1.54, 1.807) is 0 Å². The first kappa shape index (κ1) is 13.2. The zero-order valence-corrected chi connectivity index (χ0v) is 10.6. The van der Waals surface area contributed by atoms with E-state index < -0.39 is 12.1 Å². The normalized spacial score (nSPS) is 34.4. The molecule has 0 radical (unpaired) electrons. The van der Waals surface area contributed by atoms with Crippen molar-refractivity contribution < 1.29 is 13.2 Å². The van der Waals surface area contributed by atoms with Crippen molar-refractivity contribution in [2.24, 2.45) is 11.3 Å². The lowest BCUT2D eigenvalue weighted by Gasteiger charge is -2.37. The van der Waals surface area contributed by atoms with E-state index in [0.717, 1.165) is 19.3 Å². The molecule has 0 heterocycles. The van der Waals surface area contributed by atoms with Gasteiger partial charge in [0.2, 0.25) is 0 Å². The second kappa shape index (κ2) is 4.45. The molecule has 2 aliphatic rings. The Labute approximate surface area is 101 Å². The molecule has 100 valence electrons. The highest BCUT2D eigenvalue weighted by atomic mass is 19.4. The molecule has 3 unspecified atom stereocenters. The number of hydrogen-bond acceptors (Lipinski definition) is 1. The van der Waals surface area contributed by atoms with Gasteiger partial charge in [0, 0.05) is 12.1 Å². The Balaban J connectivity index is 1.97. The van der Waals surface area contributed by atoms with Gasteiger partial charge in [0.1, 0.15) is 0 Å². The Kier molecular flexibility index (Phi) is 3.45. The smallest absolute Gasteiger partial charge is 0.310 e. The second-order valence-electron chi connectivity index (χ2n) is 6.08. The van der Waals surface area contributed by atoms with Gasteiger partial charge in [0.05, 0.1) is 5.92 Å². The predicted octanol–water partition coefficient (Wildman–Crippen LogP) is 3.89. The van der Waals surface area contributed by atoms with E-state index in [4.69, 9.17) is 0 Å². The molecule has 2 saturated carbocycles. The highest BCUT2D eigenvalue weighted by Gasteiger charge is 2.48. The van der Waals surface area contributed by atoms with Crippen LogP contribution in [-0.4, -0.2) is 18.3 Å². The van der Waals surface area contributed by atoms with Crippen molar-refractivity contribution in [3.05, 3.63) is 0 Å². The lowest BCUT2D eigenvalue weighted by atomic mass is 9.83. The van der Waals surface area contributed by atoms with Gasteiger partial charge < -0.3 is 5.32 Å². The van der Waals surface area contributed by atoms with Crippen molar-refractivity contribution in [1.82, 2.24) is 5.32 Å². The van der Waals surface area contributed by atoms with Crippen LogP contribution in [0.25, 0.3) is 0 Å². The lowest BCUT2D eigenvalue weighted by molar-refractivity contribution is -0.189. The van der Waals surface area contributed by atoms with Gasteiger partial charge in [-0.25, -0.2) is 0 Å². The van der Waals surface area contributed by atoms with Crippen LogP contribution in [0, 0.1) is 11.3 Å². The summed E-state index contributed by atoms with van der Waals surface area (Å²) in [4.78, 5) is 0. The van der Waals surface area contributed by atoms with Crippen LogP contribution in [0.15, 0.2) is 0 Å². The average molecular weight is 249 g/mol. The zero-order chi connectivity index (χ0) is 12.7. The maximum Gasteiger partial charge on any atom is 0.393 e. The summed E-state index contributed by atoms with van der Waals surface area (Å²) in [6, 6.07) is -0.161. The molecule has 4 heteroatoms. The van der Waals surface area contributed by atoms with Gasteiger partial charge in [0.25, 0.3) is 0 Å². The van der Waals surface area contributed by atoms with Gasteiger partial charge in [-0.1, -0.05) is 19.8 Å². The van der Waals surface area contributed by atoms with Crippen LogP contribution in [0.4, 0.5) is 13.2 Å². The van der Waals surface area contributed by atoms with Crippen molar-refractivity contribution in [3.8, 4) is 0 Å². The Morgan fingerprint density at radius 2 is 1.76 bits per heavy atom. The first-order chi connectivity index (χ1) is 7.83. The van der Waals surface area contributed by atoms with Crippen molar-refractivity contribution in [2.75, 3.05) is 0 Å². The molecule has 0 aliphatic heterocycles. The molecule has 0 bridgehead atoms. The van der Waals surface area contributed by atoms with E-state index in [0.29, 0.717) is 19.3 Å². The van der Waals surface area contributed by atoms with E-state index in [9.17, 15) is 13.2 Å². The number of hydrogen-bond donors (Lipinski definition) is 1. The van der Waals surface area contributed by atoms with Crippen LogP contribution in [0.5, 0.6) is 0 Å². The van der Waals surface area contributed by atoms with Crippen LogP contribution in [-0.2, 0) is 0 Å². The van der Waals surface area contributed by atoms with E-state index >= 15 is 0 Å². The Morgan fingerprint density at radius 3 is 2.29 bits per heavy atom. The Bertz CT molecular complexity index is 270. The van der Waals surface area contributed by atoms with Gasteiger partial charge in [-0.15, -0.1) is 0 Å². The maximum atomic E-state index is 12.9.